The number of nitrogens with zero attached hydrogens (tertiary/aromatic N) is 7. The largest absolute Gasteiger partial charge is 0.486 e. The van der Waals surface area contributed by atoms with Gasteiger partial charge in [-0.15, -0.1) is 0 Å². The number of hydrogen-bond acceptors (Lipinski definition) is 12. The summed E-state index contributed by atoms with van der Waals surface area (Å²) in [4.78, 5) is 46.7. The van der Waals surface area contributed by atoms with Crippen LogP contribution in [0.15, 0.2) is 146 Å². The number of hydrogen-bond donors (Lipinski definition) is 5. The third-order valence-electron chi connectivity index (χ3n) is 13.9. The van der Waals surface area contributed by atoms with Gasteiger partial charge in [-0.3, -0.25) is 10.8 Å². The van der Waals surface area contributed by atoms with Gasteiger partial charge in [0.15, 0.2) is 5.82 Å². The predicted octanol–water partition coefficient (Wildman–Crippen LogP) is 9.38. The zero-order valence-corrected chi connectivity index (χ0v) is 40.9. The number of carbonyl (C=O) groups excluding carboxylic acids is 1. The number of ether oxygens (including phenoxy) is 3. The number of carboxylic acid groups (broad SMARTS) is 1. The van der Waals surface area contributed by atoms with E-state index < -0.39 is 11.9 Å². The average molecular weight is 998 g/mol. The van der Waals surface area contributed by atoms with Crippen molar-refractivity contribution in [3.63, 3.8) is 0 Å². The Morgan fingerprint density at radius 1 is 0.667 bits per heavy atom. The molecule has 374 valence electrons. The summed E-state index contributed by atoms with van der Waals surface area (Å²) < 4.78 is 22.1. The monoisotopic (exact) mass is 997 g/mol. The molecule has 0 bridgehead atoms. The second-order valence-corrected chi connectivity index (χ2v) is 18.8. The fraction of sp³-hybridized carbons (Fsp3) is 0.172. The number of nitrogens with one attached hydrogen (secondary N) is 2. The van der Waals surface area contributed by atoms with E-state index in [1.165, 1.54) is 0 Å². The molecular formula is C58H51N11O6. The molecule has 5 heterocycles. The van der Waals surface area contributed by atoms with Gasteiger partial charge in [-0.2, -0.15) is 0 Å². The van der Waals surface area contributed by atoms with Crippen LogP contribution in [0.5, 0.6) is 17.5 Å². The number of carbonyl (C=O) groups is 2. The van der Waals surface area contributed by atoms with E-state index in [0.717, 1.165) is 64.0 Å². The molecule has 11 rings (SSSR count). The molecule has 1 saturated heterocycles. The Bertz CT molecular complexity index is 3870. The van der Waals surface area contributed by atoms with Crippen LogP contribution in [0.2, 0.25) is 0 Å². The van der Waals surface area contributed by atoms with E-state index in [-0.39, 0.29) is 49.0 Å². The number of piperidine rings is 1. The van der Waals surface area contributed by atoms with Gasteiger partial charge in [-0.05, 0) is 155 Å². The standard InChI is InChI=1S/C58H51N11O6/c1-67-18-12-34(13-19-67)32-74-57(72)52-26-37-8-9-38(54(59)60)27-49(37)69(52)31-42-24-44(75-58-65-16-5-17-66-58)22-39-20-36(10-11-46(39)42)47-25-40-28-51(56(70)71)68(50(40)29-48(47)55(61)62)30-41-23-43(21-35-6-2-3-7-45(35)41)73-33-53-63-14-4-15-64-53/h2-11,14-17,20-29,34H,12-13,18-19,30-33H2,1H3,(H3,59,60)(H3,61,62)(H,70,71). The number of carboxylic acids is 1. The highest BCUT2D eigenvalue weighted by molar-refractivity contribution is 6.08. The lowest BCUT2D eigenvalue weighted by Crippen LogP contribution is -2.32. The van der Waals surface area contributed by atoms with Crippen molar-refractivity contribution in [2.45, 2.75) is 32.5 Å². The molecule has 0 amide bonds. The number of likely N-dealkylation sites (tertiary alicyclic amines) is 1. The van der Waals surface area contributed by atoms with Crippen LogP contribution in [0.3, 0.4) is 0 Å². The van der Waals surface area contributed by atoms with Gasteiger partial charge in [0.2, 0.25) is 0 Å². The van der Waals surface area contributed by atoms with Crippen molar-refractivity contribution in [2.75, 3.05) is 26.7 Å². The van der Waals surface area contributed by atoms with Crippen LogP contribution < -0.4 is 20.9 Å². The Morgan fingerprint density at radius 2 is 1.33 bits per heavy atom. The third-order valence-corrected chi connectivity index (χ3v) is 13.9. The molecule has 0 saturated carbocycles. The summed E-state index contributed by atoms with van der Waals surface area (Å²) in [6.07, 6.45) is 8.36. The lowest BCUT2D eigenvalue weighted by atomic mass is 9.93. The zero-order valence-electron chi connectivity index (χ0n) is 40.9. The average Bonchev–Trinajstić information content (AvgIpc) is 3.98. The van der Waals surface area contributed by atoms with E-state index in [2.05, 4.69) is 31.9 Å². The number of nitrogen functional groups attached to an aromatic ring is 2. The Balaban J connectivity index is 0.998. The van der Waals surface area contributed by atoms with Gasteiger partial charge < -0.3 is 44.8 Å². The Morgan fingerprint density at radius 3 is 2.07 bits per heavy atom. The third kappa shape index (κ3) is 9.91. The molecule has 7 N–H and O–H groups in total. The van der Waals surface area contributed by atoms with Crippen LogP contribution in [0, 0.1) is 16.7 Å². The molecule has 0 aliphatic carbocycles. The van der Waals surface area contributed by atoms with E-state index in [9.17, 15) is 14.7 Å². The summed E-state index contributed by atoms with van der Waals surface area (Å²) in [5, 5.41) is 32.6. The molecule has 1 fully saturated rings. The summed E-state index contributed by atoms with van der Waals surface area (Å²) in [6.45, 7) is 2.69. The van der Waals surface area contributed by atoms with Crippen molar-refractivity contribution in [1.82, 2.24) is 34.0 Å². The highest BCUT2D eigenvalue weighted by Crippen LogP contribution is 2.38. The second-order valence-electron chi connectivity index (χ2n) is 18.8. The predicted molar refractivity (Wildman–Crippen MR) is 287 cm³/mol. The van der Waals surface area contributed by atoms with Gasteiger partial charge in [0.1, 0.15) is 41.2 Å². The van der Waals surface area contributed by atoms with Crippen LogP contribution in [-0.4, -0.2) is 89.4 Å². The maximum Gasteiger partial charge on any atom is 0.355 e. The van der Waals surface area contributed by atoms with Crippen molar-refractivity contribution >= 4 is 67.0 Å². The van der Waals surface area contributed by atoms with Crippen LogP contribution in [0.25, 0.3) is 54.5 Å². The number of nitrogens with two attached hydrogens (primary N) is 2. The quantitative estimate of drug-likeness (QED) is 0.0344. The Kier molecular flexibility index (Phi) is 12.9. The van der Waals surface area contributed by atoms with Crippen molar-refractivity contribution in [1.29, 1.82) is 10.8 Å². The van der Waals surface area contributed by atoms with Crippen molar-refractivity contribution in [2.24, 2.45) is 17.4 Å². The molecule has 6 aromatic carbocycles. The molecule has 75 heavy (non-hydrogen) atoms. The SMILES string of the molecule is CN1CCC(COC(=O)c2cc3ccc(C(=N)N)cc3n2Cc2cc(Oc3ncccn3)cc3cc(-c4cc5cc(C(=O)O)n(Cc6cc(OCc7ncccn7)cc7ccccc67)c5cc4C(=N)N)ccc23)CC1. The van der Waals surface area contributed by atoms with Crippen molar-refractivity contribution < 1.29 is 28.9 Å². The summed E-state index contributed by atoms with van der Waals surface area (Å²) in [6, 6.07) is 37.4. The molecule has 0 atom stereocenters. The topological polar surface area (TPSA) is 246 Å². The van der Waals surface area contributed by atoms with Gasteiger partial charge in [-0.25, -0.2) is 29.5 Å². The fourth-order valence-corrected chi connectivity index (χ4v) is 10.1. The Labute approximate surface area is 430 Å². The summed E-state index contributed by atoms with van der Waals surface area (Å²) in [5.74, 6) is -0.110. The molecule has 17 nitrogen and oxygen atoms in total. The van der Waals surface area contributed by atoms with Gasteiger partial charge in [-0.1, -0.05) is 48.5 Å². The number of aromatic carboxylic acids is 1. The number of rotatable bonds is 16. The van der Waals surface area contributed by atoms with E-state index in [1.807, 2.05) is 95.6 Å². The molecule has 0 unspecified atom stereocenters. The molecule has 1 aliphatic heterocycles. The molecular weight excluding hydrogens is 947 g/mol. The number of benzene rings is 6. The Hall–Kier alpha value is -9.48. The smallest absolute Gasteiger partial charge is 0.355 e. The maximum absolute atomic E-state index is 14.2. The van der Waals surface area contributed by atoms with Crippen molar-refractivity contribution in [3.8, 4) is 28.6 Å². The summed E-state index contributed by atoms with van der Waals surface area (Å²) in [7, 11) is 2.10. The minimum atomic E-state index is -1.12. The lowest BCUT2D eigenvalue weighted by Gasteiger charge is -2.28. The van der Waals surface area contributed by atoms with Crippen molar-refractivity contribution in [3.05, 3.63) is 186 Å². The van der Waals surface area contributed by atoms with Gasteiger partial charge in [0, 0.05) is 70.8 Å². The first-order valence-electron chi connectivity index (χ1n) is 24.4. The first kappa shape index (κ1) is 47.8. The molecule has 0 spiro atoms. The number of aromatic nitrogens is 6. The first-order chi connectivity index (χ1) is 36.4. The molecule has 17 heteroatoms. The molecule has 1 aliphatic rings. The number of amidine groups is 2. The van der Waals surface area contributed by atoms with E-state index >= 15 is 0 Å². The van der Waals surface area contributed by atoms with Gasteiger partial charge >= 0.3 is 17.9 Å². The summed E-state index contributed by atoms with van der Waals surface area (Å²) >= 11 is 0. The van der Waals surface area contributed by atoms with E-state index in [1.54, 1.807) is 59.7 Å². The fourth-order valence-electron chi connectivity index (χ4n) is 10.1. The highest BCUT2D eigenvalue weighted by Gasteiger charge is 2.25. The summed E-state index contributed by atoms with van der Waals surface area (Å²) in [5.41, 5.74) is 17.9. The van der Waals surface area contributed by atoms with Gasteiger partial charge in [0.25, 0.3) is 0 Å². The maximum atomic E-state index is 14.2. The van der Waals surface area contributed by atoms with Crippen LogP contribution in [-0.2, 0) is 24.4 Å². The highest BCUT2D eigenvalue weighted by atomic mass is 16.5. The van der Waals surface area contributed by atoms with E-state index in [4.69, 9.17) is 36.5 Å². The number of fused-ring (bicyclic) bond motifs is 4. The van der Waals surface area contributed by atoms with Crippen LogP contribution in [0.1, 0.15) is 61.9 Å². The molecule has 4 aromatic heterocycles. The molecule has 10 aromatic rings. The zero-order chi connectivity index (χ0) is 51.7. The number of esters is 1. The lowest BCUT2D eigenvalue weighted by molar-refractivity contribution is 0.0373. The normalized spacial score (nSPS) is 13.1. The first-order valence-corrected chi connectivity index (χ1v) is 24.4. The molecule has 0 radical (unpaired) electrons. The van der Waals surface area contributed by atoms with Crippen LogP contribution in [0.4, 0.5) is 0 Å². The minimum absolute atomic E-state index is 0.0517. The van der Waals surface area contributed by atoms with E-state index in [0.29, 0.717) is 68.3 Å². The van der Waals surface area contributed by atoms with Crippen LogP contribution >= 0.6 is 0 Å². The second kappa shape index (κ2) is 20.2. The minimum Gasteiger partial charge on any atom is -0.486 e. The van der Waals surface area contributed by atoms with Gasteiger partial charge in [0.05, 0.1) is 6.61 Å².